The van der Waals surface area contributed by atoms with E-state index in [1.165, 1.54) is 0 Å². The molecule has 158 valence electrons. The monoisotopic (exact) mass is 426 g/mol. The molecular formula is C22H26N4O3S. The van der Waals surface area contributed by atoms with E-state index in [0.717, 1.165) is 33.4 Å². The number of rotatable bonds is 4. The van der Waals surface area contributed by atoms with Crippen LogP contribution in [0.25, 0.3) is 10.8 Å². The van der Waals surface area contributed by atoms with Crippen LogP contribution in [0, 0.1) is 13.8 Å². The fraction of sp³-hybridized carbons (Fsp3) is 0.364. The van der Waals surface area contributed by atoms with Crippen molar-refractivity contribution in [1.82, 2.24) is 14.7 Å². The molecule has 1 unspecified atom stereocenters. The van der Waals surface area contributed by atoms with Gasteiger partial charge in [-0.3, -0.25) is 4.68 Å². The van der Waals surface area contributed by atoms with Gasteiger partial charge in [0, 0.05) is 23.7 Å². The zero-order valence-electron chi connectivity index (χ0n) is 17.4. The van der Waals surface area contributed by atoms with Gasteiger partial charge in [-0.05, 0) is 31.7 Å². The summed E-state index contributed by atoms with van der Waals surface area (Å²) in [6.07, 6.45) is 0.584. The molecule has 2 aromatic carbocycles. The maximum atomic E-state index is 12.8. The Hall–Kier alpha value is -2.87. The Bertz CT molecular complexity index is 1210. The van der Waals surface area contributed by atoms with Crippen molar-refractivity contribution in [2.45, 2.75) is 32.9 Å². The van der Waals surface area contributed by atoms with Crippen molar-refractivity contribution in [3.05, 3.63) is 59.4 Å². The number of amides is 2. The minimum absolute atomic E-state index is 0.128. The molecule has 0 bridgehead atoms. The summed E-state index contributed by atoms with van der Waals surface area (Å²) < 4.78 is 25.5. The largest absolute Gasteiger partial charge is 0.323 e. The Labute approximate surface area is 176 Å². The topological polar surface area (TPSA) is 84.3 Å². The lowest BCUT2D eigenvalue weighted by Crippen LogP contribution is -2.31. The predicted molar refractivity (Wildman–Crippen MR) is 118 cm³/mol. The number of urea groups is 1. The van der Waals surface area contributed by atoms with Gasteiger partial charge in [0.25, 0.3) is 0 Å². The van der Waals surface area contributed by atoms with Crippen molar-refractivity contribution < 1.29 is 13.2 Å². The average molecular weight is 427 g/mol. The van der Waals surface area contributed by atoms with E-state index in [4.69, 9.17) is 0 Å². The molecule has 1 N–H and O–H groups in total. The van der Waals surface area contributed by atoms with Crippen LogP contribution in [-0.4, -0.2) is 47.7 Å². The van der Waals surface area contributed by atoms with E-state index in [2.05, 4.69) is 10.4 Å². The smallest absolute Gasteiger partial charge is 0.321 e. The number of nitrogens with zero attached hydrogens (tertiary/aromatic N) is 3. The van der Waals surface area contributed by atoms with Crippen LogP contribution in [0.15, 0.2) is 42.5 Å². The normalized spacial score (nSPS) is 17.9. The van der Waals surface area contributed by atoms with Gasteiger partial charge in [0.2, 0.25) is 0 Å². The zero-order valence-corrected chi connectivity index (χ0v) is 18.2. The predicted octanol–water partition coefficient (Wildman–Crippen LogP) is 3.68. The molecular weight excluding hydrogens is 400 g/mol. The van der Waals surface area contributed by atoms with Gasteiger partial charge < -0.3 is 10.2 Å². The number of hydrogen-bond acceptors (Lipinski definition) is 4. The summed E-state index contributed by atoms with van der Waals surface area (Å²) in [7, 11) is -1.24. The highest BCUT2D eigenvalue weighted by Crippen LogP contribution is 2.28. The molecule has 0 aliphatic carbocycles. The van der Waals surface area contributed by atoms with Crippen LogP contribution >= 0.6 is 0 Å². The lowest BCUT2D eigenvalue weighted by atomic mass is 10.1. The van der Waals surface area contributed by atoms with Gasteiger partial charge in [-0.2, -0.15) is 5.10 Å². The van der Waals surface area contributed by atoms with Crippen LogP contribution in [-0.2, 0) is 16.4 Å². The molecule has 2 amide bonds. The van der Waals surface area contributed by atoms with Crippen LogP contribution in [0.2, 0.25) is 0 Å². The fourth-order valence-electron chi connectivity index (χ4n) is 4.10. The van der Waals surface area contributed by atoms with E-state index in [-0.39, 0.29) is 23.6 Å². The van der Waals surface area contributed by atoms with Crippen LogP contribution in [0.5, 0.6) is 0 Å². The molecule has 30 heavy (non-hydrogen) atoms. The second-order valence-electron chi connectivity index (χ2n) is 7.96. The van der Waals surface area contributed by atoms with Gasteiger partial charge in [0.05, 0.1) is 35.5 Å². The fourth-order valence-corrected chi connectivity index (χ4v) is 5.80. The summed E-state index contributed by atoms with van der Waals surface area (Å²) in [5.41, 5.74) is 3.46. The molecule has 0 spiro atoms. The van der Waals surface area contributed by atoms with Crippen molar-refractivity contribution in [1.29, 1.82) is 0 Å². The molecule has 4 rings (SSSR count). The molecule has 1 aliphatic heterocycles. The van der Waals surface area contributed by atoms with Crippen LogP contribution in [0.4, 0.5) is 10.5 Å². The second-order valence-corrected chi connectivity index (χ2v) is 10.2. The molecule has 1 fully saturated rings. The standard InChI is InChI=1S/C22H26N4O3S/c1-15-20(16(2)26(24-15)18-11-12-30(28,29)14-18)13-25(3)22(27)23-21-10-6-8-17-7-4-5-9-19(17)21/h4-10,18H,11-14H2,1-3H3,(H,23,27). The molecule has 2 heterocycles. The van der Waals surface area contributed by atoms with E-state index >= 15 is 0 Å². The molecule has 3 aromatic rings. The van der Waals surface area contributed by atoms with Crippen LogP contribution in [0.1, 0.15) is 29.4 Å². The number of anilines is 1. The Morgan fingerprint density at radius 2 is 1.93 bits per heavy atom. The average Bonchev–Trinajstić information content (AvgIpc) is 3.21. The molecule has 7 nitrogen and oxygen atoms in total. The van der Waals surface area contributed by atoms with Gasteiger partial charge in [-0.15, -0.1) is 0 Å². The SMILES string of the molecule is Cc1nn(C2CCS(=O)(=O)C2)c(C)c1CN(C)C(=O)Nc1cccc2ccccc12. The number of aromatic nitrogens is 2. The number of sulfone groups is 1. The lowest BCUT2D eigenvalue weighted by molar-refractivity contribution is 0.220. The number of aryl methyl sites for hydroxylation is 1. The van der Waals surface area contributed by atoms with E-state index in [1.54, 1.807) is 11.9 Å². The third-order valence-electron chi connectivity index (χ3n) is 5.80. The Morgan fingerprint density at radius 3 is 2.67 bits per heavy atom. The van der Waals surface area contributed by atoms with Crippen molar-refractivity contribution in [2.24, 2.45) is 0 Å². The van der Waals surface area contributed by atoms with Gasteiger partial charge in [0.15, 0.2) is 9.84 Å². The number of carbonyl (C=O) groups excluding carboxylic acids is 1. The highest BCUT2D eigenvalue weighted by molar-refractivity contribution is 7.91. The van der Waals surface area contributed by atoms with E-state index < -0.39 is 9.84 Å². The molecule has 1 saturated heterocycles. The van der Waals surface area contributed by atoms with Gasteiger partial charge >= 0.3 is 6.03 Å². The Kier molecular flexibility index (Phi) is 5.27. The summed E-state index contributed by atoms with van der Waals surface area (Å²) in [5, 5.41) is 9.64. The number of nitrogens with one attached hydrogen (secondary N) is 1. The summed E-state index contributed by atoms with van der Waals surface area (Å²) in [4.78, 5) is 14.5. The quantitative estimate of drug-likeness (QED) is 0.690. The first-order valence-electron chi connectivity index (χ1n) is 10.00. The molecule has 1 aromatic heterocycles. The van der Waals surface area contributed by atoms with Crippen molar-refractivity contribution in [3.8, 4) is 0 Å². The van der Waals surface area contributed by atoms with Crippen LogP contribution in [0.3, 0.4) is 0 Å². The van der Waals surface area contributed by atoms with Gasteiger partial charge in [-0.1, -0.05) is 36.4 Å². The van der Waals surface area contributed by atoms with Crippen molar-refractivity contribution in [3.63, 3.8) is 0 Å². The highest BCUT2D eigenvalue weighted by atomic mass is 32.2. The molecule has 1 aliphatic rings. The summed E-state index contributed by atoms with van der Waals surface area (Å²) in [5.74, 6) is 0.338. The molecule has 1 atom stereocenters. The number of benzene rings is 2. The molecule has 0 radical (unpaired) electrons. The molecule has 8 heteroatoms. The lowest BCUT2D eigenvalue weighted by Gasteiger charge is -2.19. The third kappa shape index (κ3) is 3.92. The van der Waals surface area contributed by atoms with Crippen molar-refractivity contribution >= 4 is 32.3 Å². The summed E-state index contributed by atoms with van der Waals surface area (Å²) in [6, 6.07) is 13.4. The minimum Gasteiger partial charge on any atom is -0.323 e. The van der Waals surface area contributed by atoms with Gasteiger partial charge in [-0.25, -0.2) is 13.2 Å². The molecule has 0 saturated carbocycles. The highest BCUT2D eigenvalue weighted by Gasteiger charge is 2.31. The minimum atomic E-state index is -2.99. The number of carbonyl (C=O) groups is 1. The second kappa shape index (κ2) is 7.75. The summed E-state index contributed by atoms with van der Waals surface area (Å²) >= 11 is 0. The number of fused-ring (bicyclic) bond motifs is 1. The first-order valence-corrected chi connectivity index (χ1v) is 11.8. The first kappa shape index (κ1) is 20.4. The Morgan fingerprint density at radius 1 is 1.20 bits per heavy atom. The first-order chi connectivity index (χ1) is 14.2. The number of hydrogen-bond donors (Lipinski definition) is 1. The van der Waals surface area contributed by atoms with E-state index in [1.807, 2.05) is 61.0 Å². The van der Waals surface area contributed by atoms with Crippen molar-refractivity contribution in [2.75, 3.05) is 23.9 Å². The zero-order chi connectivity index (χ0) is 21.5. The van der Waals surface area contributed by atoms with E-state index in [0.29, 0.717) is 13.0 Å². The van der Waals surface area contributed by atoms with E-state index in [9.17, 15) is 13.2 Å². The third-order valence-corrected chi connectivity index (χ3v) is 7.55. The maximum Gasteiger partial charge on any atom is 0.321 e. The van der Waals surface area contributed by atoms with Crippen LogP contribution < -0.4 is 5.32 Å². The van der Waals surface area contributed by atoms with Gasteiger partial charge in [0.1, 0.15) is 0 Å². The summed E-state index contributed by atoms with van der Waals surface area (Å²) in [6.45, 7) is 4.24. The Balaban J connectivity index is 1.51. The maximum absolute atomic E-state index is 12.8.